The van der Waals surface area contributed by atoms with E-state index in [-0.39, 0.29) is 6.10 Å². The molecule has 0 aromatic rings. The minimum absolute atomic E-state index is 0.0331. The van der Waals surface area contributed by atoms with Crippen LogP contribution in [0.15, 0.2) is 0 Å². The number of nitrogens with zero attached hydrogens (tertiary/aromatic N) is 1. The molecule has 0 aromatic heterocycles. The molecular formula is C15H32N2O3. The highest BCUT2D eigenvalue weighted by Crippen LogP contribution is 2.08. The average Bonchev–Trinajstić information content (AvgIpc) is 2.90. The summed E-state index contributed by atoms with van der Waals surface area (Å²) in [5.41, 5.74) is 0. The molecule has 1 aliphatic heterocycles. The van der Waals surface area contributed by atoms with Gasteiger partial charge < -0.3 is 19.9 Å². The summed E-state index contributed by atoms with van der Waals surface area (Å²) >= 11 is 0. The number of aliphatic hydroxyl groups is 1. The first-order chi connectivity index (χ1) is 9.65. The maximum Gasteiger partial charge on any atom is 0.0900 e. The van der Waals surface area contributed by atoms with E-state index in [9.17, 15) is 5.11 Å². The second-order valence-corrected chi connectivity index (χ2v) is 5.81. The fourth-order valence-corrected chi connectivity index (χ4v) is 2.71. The predicted octanol–water partition coefficient (Wildman–Crippen LogP) is 0.863. The van der Waals surface area contributed by atoms with E-state index in [2.05, 4.69) is 17.1 Å². The fourth-order valence-electron chi connectivity index (χ4n) is 2.71. The molecule has 5 nitrogen and oxygen atoms in total. The van der Waals surface area contributed by atoms with E-state index in [1.165, 1.54) is 12.8 Å². The maximum absolute atomic E-state index is 10.1. The second-order valence-electron chi connectivity index (χ2n) is 5.81. The van der Waals surface area contributed by atoms with Gasteiger partial charge in [0.15, 0.2) is 0 Å². The summed E-state index contributed by atoms with van der Waals surface area (Å²) in [4.78, 5) is 2.35. The van der Waals surface area contributed by atoms with Gasteiger partial charge in [-0.05, 0) is 39.3 Å². The van der Waals surface area contributed by atoms with Crippen LogP contribution < -0.4 is 5.32 Å². The van der Waals surface area contributed by atoms with Crippen molar-refractivity contribution < 1.29 is 14.6 Å². The van der Waals surface area contributed by atoms with Gasteiger partial charge in [0.05, 0.1) is 25.4 Å². The molecule has 2 N–H and O–H groups in total. The SMILES string of the molecule is CCCN(CC(O)COC(C)COC)CC1CCCN1. The Labute approximate surface area is 123 Å². The molecule has 0 bridgehead atoms. The van der Waals surface area contributed by atoms with Crippen LogP contribution >= 0.6 is 0 Å². The molecule has 120 valence electrons. The van der Waals surface area contributed by atoms with Gasteiger partial charge >= 0.3 is 0 Å². The Morgan fingerprint density at radius 1 is 1.40 bits per heavy atom. The van der Waals surface area contributed by atoms with Crippen LogP contribution in [0.3, 0.4) is 0 Å². The highest BCUT2D eigenvalue weighted by Gasteiger charge is 2.19. The minimum Gasteiger partial charge on any atom is -0.389 e. The Kier molecular flexibility index (Phi) is 9.39. The van der Waals surface area contributed by atoms with Crippen molar-refractivity contribution in [1.29, 1.82) is 0 Å². The van der Waals surface area contributed by atoms with Gasteiger partial charge in [-0.25, -0.2) is 0 Å². The normalized spacial score (nSPS) is 22.4. The number of hydrogen-bond acceptors (Lipinski definition) is 5. The van der Waals surface area contributed by atoms with Gasteiger partial charge in [0.25, 0.3) is 0 Å². The average molecular weight is 288 g/mol. The third-order valence-corrected chi connectivity index (χ3v) is 3.62. The number of ether oxygens (including phenoxy) is 2. The third-order valence-electron chi connectivity index (χ3n) is 3.62. The molecule has 0 aliphatic carbocycles. The molecule has 0 radical (unpaired) electrons. The molecule has 1 heterocycles. The highest BCUT2D eigenvalue weighted by atomic mass is 16.5. The lowest BCUT2D eigenvalue weighted by molar-refractivity contribution is -0.0401. The quantitative estimate of drug-likeness (QED) is 0.591. The summed E-state index contributed by atoms with van der Waals surface area (Å²) in [7, 11) is 1.66. The first-order valence-electron chi connectivity index (χ1n) is 7.90. The second kappa shape index (κ2) is 10.5. The topological polar surface area (TPSA) is 54.0 Å². The number of rotatable bonds is 11. The number of aliphatic hydroxyl groups excluding tert-OH is 1. The van der Waals surface area contributed by atoms with Crippen molar-refractivity contribution in [3.63, 3.8) is 0 Å². The van der Waals surface area contributed by atoms with Gasteiger partial charge in [0.2, 0.25) is 0 Å². The maximum atomic E-state index is 10.1. The van der Waals surface area contributed by atoms with Crippen molar-refractivity contribution in [3.05, 3.63) is 0 Å². The Morgan fingerprint density at radius 2 is 2.20 bits per heavy atom. The van der Waals surface area contributed by atoms with Gasteiger partial charge in [-0.15, -0.1) is 0 Å². The first kappa shape index (κ1) is 17.9. The number of methoxy groups -OCH3 is 1. The van der Waals surface area contributed by atoms with Crippen LogP contribution in [0.1, 0.15) is 33.1 Å². The van der Waals surface area contributed by atoms with Crippen molar-refractivity contribution in [2.24, 2.45) is 0 Å². The summed E-state index contributed by atoms with van der Waals surface area (Å²) in [5, 5.41) is 13.6. The van der Waals surface area contributed by atoms with Crippen LogP contribution in [0.25, 0.3) is 0 Å². The standard InChI is InChI=1S/C15H32N2O3/c1-4-8-17(9-14-6-5-7-16-14)10-15(18)12-20-13(2)11-19-3/h13-16,18H,4-12H2,1-3H3. The smallest absolute Gasteiger partial charge is 0.0900 e. The van der Waals surface area contributed by atoms with Gasteiger partial charge in [-0.2, -0.15) is 0 Å². The number of nitrogens with one attached hydrogen (secondary N) is 1. The van der Waals surface area contributed by atoms with Crippen molar-refractivity contribution in [3.8, 4) is 0 Å². The fraction of sp³-hybridized carbons (Fsp3) is 1.00. The summed E-state index contributed by atoms with van der Waals surface area (Å²) < 4.78 is 10.6. The van der Waals surface area contributed by atoms with Gasteiger partial charge in [0.1, 0.15) is 0 Å². The first-order valence-corrected chi connectivity index (χ1v) is 7.90. The molecular weight excluding hydrogens is 256 g/mol. The molecule has 0 aromatic carbocycles. The Bertz CT molecular complexity index is 235. The van der Waals surface area contributed by atoms with E-state index in [4.69, 9.17) is 9.47 Å². The van der Waals surface area contributed by atoms with Gasteiger partial charge in [-0.3, -0.25) is 4.90 Å². The molecule has 0 amide bonds. The lowest BCUT2D eigenvalue weighted by atomic mass is 10.2. The third kappa shape index (κ3) is 7.55. The largest absolute Gasteiger partial charge is 0.389 e. The molecule has 0 spiro atoms. The van der Waals surface area contributed by atoms with Gasteiger partial charge in [0, 0.05) is 26.2 Å². The molecule has 1 saturated heterocycles. The Balaban J connectivity index is 2.24. The molecule has 3 atom stereocenters. The zero-order valence-electron chi connectivity index (χ0n) is 13.3. The van der Waals surface area contributed by atoms with E-state index >= 15 is 0 Å². The molecule has 3 unspecified atom stereocenters. The van der Waals surface area contributed by atoms with Crippen LogP contribution in [0.2, 0.25) is 0 Å². The summed E-state index contributed by atoms with van der Waals surface area (Å²) in [5.74, 6) is 0. The minimum atomic E-state index is -0.428. The Hall–Kier alpha value is -0.200. The zero-order valence-corrected chi connectivity index (χ0v) is 13.3. The summed E-state index contributed by atoms with van der Waals surface area (Å²) in [6, 6.07) is 0.585. The lowest BCUT2D eigenvalue weighted by Gasteiger charge is -2.27. The van der Waals surface area contributed by atoms with Crippen LogP contribution in [-0.4, -0.2) is 74.8 Å². The van der Waals surface area contributed by atoms with Crippen LogP contribution in [-0.2, 0) is 9.47 Å². The molecule has 20 heavy (non-hydrogen) atoms. The molecule has 5 heteroatoms. The predicted molar refractivity (Wildman–Crippen MR) is 81.1 cm³/mol. The summed E-state index contributed by atoms with van der Waals surface area (Å²) in [6.45, 7) is 8.96. The van der Waals surface area contributed by atoms with Crippen LogP contribution in [0, 0.1) is 0 Å². The van der Waals surface area contributed by atoms with E-state index in [1.807, 2.05) is 6.92 Å². The van der Waals surface area contributed by atoms with E-state index in [0.29, 0.717) is 25.8 Å². The molecule has 0 saturated carbocycles. The van der Waals surface area contributed by atoms with Crippen molar-refractivity contribution in [2.75, 3.05) is 46.5 Å². The van der Waals surface area contributed by atoms with Crippen molar-refractivity contribution in [1.82, 2.24) is 10.2 Å². The van der Waals surface area contributed by atoms with E-state index < -0.39 is 6.10 Å². The number of hydrogen-bond donors (Lipinski definition) is 2. The molecule has 1 rings (SSSR count). The van der Waals surface area contributed by atoms with Gasteiger partial charge in [-0.1, -0.05) is 6.92 Å². The van der Waals surface area contributed by atoms with Crippen molar-refractivity contribution >= 4 is 0 Å². The molecule has 1 aliphatic rings. The monoisotopic (exact) mass is 288 g/mol. The van der Waals surface area contributed by atoms with Crippen LogP contribution in [0.4, 0.5) is 0 Å². The van der Waals surface area contributed by atoms with Crippen molar-refractivity contribution in [2.45, 2.75) is 51.4 Å². The summed E-state index contributed by atoms with van der Waals surface area (Å²) in [6.07, 6.45) is 3.23. The Morgan fingerprint density at radius 3 is 2.80 bits per heavy atom. The van der Waals surface area contributed by atoms with E-state index in [1.54, 1.807) is 7.11 Å². The zero-order chi connectivity index (χ0) is 14.8. The molecule has 1 fully saturated rings. The van der Waals surface area contributed by atoms with E-state index in [0.717, 1.165) is 26.1 Å². The lowest BCUT2D eigenvalue weighted by Crippen LogP contribution is -2.43. The highest BCUT2D eigenvalue weighted by molar-refractivity contribution is 4.79. The van der Waals surface area contributed by atoms with Crippen LogP contribution in [0.5, 0.6) is 0 Å².